The lowest BCUT2D eigenvalue weighted by atomic mass is 9.65. The predicted octanol–water partition coefficient (Wildman–Crippen LogP) is 1.65. The van der Waals surface area contributed by atoms with E-state index >= 15 is 0 Å². The third kappa shape index (κ3) is 2.87. The predicted molar refractivity (Wildman–Crippen MR) is 77.2 cm³/mol. The van der Waals surface area contributed by atoms with Gasteiger partial charge in [-0.2, -0.15) is 0 Å². The van der Waals surface area contributed by atoms with E-state index < -0.39 is 23.5 Å². The van der Waals surface area contributed by atoms with Crippen molar-refractivity contribution in [1.82, 2.24) is 0 Å². The zero-order valence-electron chi connectivity index (χ0n) is 12.7. The van der Waals surface area contributed by atoms with Gasteiger partial charge in [-0.15, -0.1) is 0 Å². The van der Waals surface area contributed by atoms with Crippen molar-refractivity contribution in [2.45, 2.75) is 75.8 Å². The highest BCUT2D eigenvalue weighted by molar-refractivity contribution is 5.87. The van der Waals surface area contributed by atoms with Crippen LogP contribution in [0.3, 0.4) is 0 Å². The summed E-state index contributed by atoms with van der Waals surface area (Å²) in [6.45, 7) is 5.10. The second-order valence-corrected chi connectivity index (χ2v) is 6.53. The number of rotatable bonds is 3. The summed E-state index contributed by atoms with van der Waals surface area (Å²) in [5.74, 6) is -3.17. The summed E-state index contributed by atoms with van der Waals surface area (Å²) in [7, 11) is 0. The van der Waals surface area contributed by atoms with Gasteiger partial charge in [0.15, 0.2) is 5.60 Å². The van der Waals surface area contributed by atoms with Crippen LogP contribution in [0.25, 0.3) is 0 Å². The Balaban J connectivity index is 2.36. The van der Waals surface area contributed by atoms with Gasteiger partial charge in [0.2, 0.25) is 5.79 Å². The molecule has 0 saturated heterocycles. The average molecular weight is 298 g/mol. The van der Waals surface area contributed by atoms with Gasteiger partial charge in [-0.05, 0) is 39.0 Å². The van der Waals surface area contributed by atoms with Crippen molar-refractivity contribution in [3.63, 3.8) is 0 Å². The molecule has 3 N–H and O–H groups in total. The van der Waals surface area contributed by atoms with Crippen LogP contribution in [-0.4, -0.2) is 38.8 Å². The summed E-state index contributed by atoms with van der Waals surface area (Å²) in [4.78, 5) is 12.0. The third-order valence-electron chi connectivity index (χ3n) is 5.00. The highest BCUT2D eigenvalue weighted by Crippen LogP contribution is 2.48. The number of esters is 1. The summed E-state index contributed by atoms with van der Waals surface area (Å²) in [5.41, 5.74) is -1.21. The largest absolute Gasteiger partial charge is 0.450 e. The fourth-order valence-electron chi connectivity index (χ4n) is 3.76. The van der Waals surface area contributed by atoms with E-state index in [1.54, 1.807) is 0 Å². The van der Waals surface area contributed by atoms with Crippen LogP contribution in [-0.2, 0) is 9.53 Å². The van der Waals surface area contributed by atoms with Crippen molar-refractivity contribution in [2.24, 2.45) is 5.92 Å². The molecule has 0 bridgehead atoms. The minimum absolute atomic E-state index is 0.139. The molecule has 0 spiro atoms. The molecule has 2 rings (SSSR count). The lowest BCUT2D eigenvalue weighted by Gasteiger charge is -2.53. The second kappa shape index (κ2) is 6.07. The maximum Gasteiger partial charge on any atom is 0.333 e. The molecule has 21 heavy (non-hydrogen) atoms. The molecule has 5 heteroatoms. The number of carbonyl (C=O) groups is 1. The van der Waals surface area contributed by atoms with Crippen molar-refractivity contribution < 1.29 is 24.9 Å². The van der Waals surface area contributed by atoms with Crippen LogP contribution in [0, 0.1) is 5.92 Å². The molecule has 120 valence electrons. The number of hydrogen-bond donors (Lipinski definition) is 3. The fourth-order valence-corrected chi connectivity index (χ4v) is 3.76. The van der Waals surface area contributed by atoms with E-state index in [4.69, 9.17) is 4.74 Å². The molecular weight excluding hydrogens is 272 g/mol. The summed E-state index contributed by atoms with van der Waals surface area (Å²) in [6, 6.07) is 0. The van der Waals surface area contributed by atoms with Gasteiger partial charge in [0.05, 0.1) is 0 Å². The second-order valence-electron chi connectivity index (χ2n) is 6.53. The maximum atomic E-state index is 12.0. The minimum Gasteiger partial charge on any atom is -0.450 e. The lowest BCUT2D eigenvalue weighted by molar-refractivity contribution is -0.347. The Hall–Kier alpha value is -0.910. The Kier molecular flexibility index (Phi) is 4.76. The van der Waals surface area contributed by atoms with E-state index in [9.17, 15) is 20.1 Å². The molecule has 0 radical (unpaired) electrons. The topological polar surface area (TPSA) is 87.0 Å². The Morgan fingerprint density at radius 3 is 2.33 bits per heavy atom. The highest BCUT2D eigenvalue weighted by atomic mass is 16.6. The fraction of sp³-hybridized carbons (Fsp3) is 0.812. The van der Waals surface area contributed by atoms with Gasteiger partial charge in [-0.3, -0.25) is 0 Å². The Morgan fingerprint density at radius 2 is 1.76 bits per heavy atom. The van der Waals surface area contributed by atoms with Gasteiger partial charge >= 0.3 is 5.97 Å². The van der Waals surface area contributed by atoms with E-state index in [0.717, 1.165) is 32.1 Å². The van der Waals surface area contributed by atoms with Crippen molar-refractivity contribution in [2.75, 3.05) is 0 Å². The van der Waals surface area contributed by atoms with Crippen molar-refractivity contribution in [3.05, 3.63) is 12.2 Å². The van der Waals surface area contributed by atoms with E-state index in [0.29, 0.717) is 19.3 Å². The van der Waals surface area contributed by atoms with Gasteiger partial charge in [0.25, 0.3) is 0 Å². The maximum absolute atomic E-state index is 12.0. The monoisotopic (exact) mass is 298 g/mol. The van der Waals surface area contributed by atoms with E-state index in [1.807, 2.05) is 0 Å². The Labute approximate surface area is 125 Å². The summed E-state index contributed by atoms with van der Waals surface area (Å²) < 4.78 is 5.57. The third-order valence-corrected chi connectivity index (χ3v) is 5.00. The highest BCUT2D eigenvalue weighted by Gasteiger charge is 2.62. The number of hydrogen-bond acceptors (Lipinski definition) is 5. The number of aliphatic hydroxyl groups excluding tert-OH is 1. The molecule has 2 fully saturated rings. The lowest BCUT2D eigenvalue weighted by Crippen LogP contribution is -2.68. The van der Waals surface area contributed by atoms with Crippen LogP contribution in [0.4, 0.5) is 0 Å². The molecule has 0 heterocycles. The number of ether oxygens (including phenoxy) is 1. The first-order valence-electron chi connectivity index (χ1n) is 7.83. The molecule has 5 nitrogen and oxygen atoms in total. The Morgan fingerprint density at radius 1 is 1.14 bits per heavy atom. The summed E-state index contributed by atoms with van der Waals surface area (Å²) >= 11 is 0. The molecule has 2 atom stereocenters. The number of aliphatic hydroxyl groups is 3. The Bertz CT molecular complexity index is 411. The molecule has 2 aliphatic carbocycles. The first-order chi connectivity index (χ1) is 9.81. The van der Waals surface area contributed by atoms with E-state index in [-0.39, 0.29) is 11.5 Å². The van der Waals surface area contributed by atoms with Crippen molar-refractivity contribution in [1.29, 1.82) is 0 Å². The molecule has 0 aliphatic heterocycles. The minimum atomic E-state index is -2.40. The van der Waals surface area contributed by atoms with Crippen molar-refractivity contribution in [3.8, 4) is 0 Å². The zero-order valence-corrected chi connectivity index (χ0v) is 12.7. The summed E-state index contributed by atoms with van der Waals surface area (Å²) in [5, 5.41) is 31.1. The SMILES string of the molecule is C=C(C)C(=O)OC1(C2CCCCC2)CCCC(O)C1(O)O. The van der Waals surface area contributed by atoms with E-state index in [1.165, 1.54) is 6.92 Å². The van der Waals surface area contributed by atoms with Crippen LogP contribution in [0.15, 0.2) is 12.2 Å². The first kappa shape index (κ1) is 16.5. The van der Waals surface area contributed by atoms with Gasteiger partial charge < -0.3 is 20.1 Å². The zero-order chi connectivity index (χ0) is 15.7. The van der Waals surface area contributed by atoms with Gasteiger partial charge in [-0.25, -0.2) is 4.79 Å². The average Bonchev–Trinajstić information content (AvgIpc) is 2.45. The van der Waals surface area contributed by atoms with Gasteiger partial charge in [0.1, 0.15) is 6.10 Å². The standard InChI is InChI=1S/C16H26O5/c1-11(2)14(18)21-15(12-7-4-3-5-8-12)10-6-9-13(17)16(15,19)20/h12-13,17,19-20H,1,3-10H2,2H3. The van der Waals surface area contributed by atoms with Crippen LogP contribution >= 0.6 is 0 Å². The molecule has 0 aromatic carbocycles. The summed E-state index contributed by atoms with van der Waals surface area (Å²) in [6.07, 6.45) is 4.57. The number of carbonyl (C=O) groups excluding carboxylic acids is 1. The molecule has 0 aromatic heterocycles. The molecule has 0 amide bonds. The van der Waals surface area contributed by atoms with Crippen LogP contribution < -0.4 is 0 Å². The van der Waals surface area contributed by atoms with E-state index in [2.05, 4.69) is 6.58 Å². The van der Waals surface area contributed by atoms with Crippen LogP contribution in [0.1, 0.15) is 58.3 Å². The molecule has 2 unspecified atom stereocenters. The quantitative estimate of drug-likeness (QED) is 0.419. The molecule has 0 aromatic rings. The molecule has 2 aliphatic rings. The normalized spacial score (nSPS) is 33.4. The molecule has 2 saturated carbocycles. The van der Waals surface area contributed by atoms with Gasteiger partial charge in [0, 0.05) is 11.5 Å². The van der Waals surface area contributed by atoms with Gasteiger partial charge in [-0.1, -0.05) is 25.8 Å². The van der Waals surface area contributed by atoms with Crippen LogP contribution in [0.2, 0.25) is 0 Å². The molecular formula is C16H26O5. The smallest absolute Gasteiger partial charge is 0.333 e. The van der Waals surface area contributed by atoms with Crippen molar-refractivity contribution >= 4 is 5.97 Å². The van der Waals surface area contributed by atoms with Crippen LogP contribution in [0.5, 0.6) is 0 Å². The first-order valence-corrected chi connectivity index (χ1v) is 7.83.